The Morgan fingerprint density at radius 2 is 2.29 bits per heavy atom. The number of pyridine rings is 1. The van der Waals surface area contributed by atoms with Crippen LogP contribution in [0.4, 0.5) is 0 Å². The summed E-state index contributed by atoms with van der Waals surface area (Å²) >= 11 is 11.0. The van der Waals surface area contributed by atoms with Gasteiger partial charge in [0.05, 0.1) is 10.5 Å². The molecule has 0 unspecified atom stereocenters. The lowest BCUT2D eigenvalue weighted by atomic mass is 10.4. The van der Waals surface area contributed by atoms with Crippen LogP contribution in [0, 0.1) is 4.77 Å². The molecule has 2 rings (SSSR count). The molecular weight excluding hydrogens is 218 g/mol. The van der Waals surface area contributed by atoms with E-state index in [2.05, 4.69) is 23.8 Å². The molecule has 0 aliphatic rings. The van der Waals surface area contributed by atoms with Crippen molar-refractivity contribution in [1.82, 2.24) is 14.5 Å². The summed E-state index contributed by atoms with van der Waals surface area (Å²) in [5, 5.41) is 0.615. The van der Waals surface area contributed by atoms with Crippen LogP contribution in [0.3, 0.4) is 0 Å². The minimum Gasteiger partial charge on any atom is -0.329 e. The van der Waals surface area contributed by atoms with E-state index < -0.39 is 0 Å². The van der Waals surface area contributed by atoms with Gasteiger partial charge in [-0.25, -0.2) is 4.98 Å². The van der Waals surface area contributed by atoms with E-state index in [-0.39, 0.29) is 0 Å². The first-order chi connectivity index (χ1) is 6.59. The summed E-state index contributed by atoms with van der Waals surface area (Å²) < 4.78 is 2.66. The van der Waals surface area contributed by atoms with Crippen molar-refractivity contribution < 1.29 is 0 Å². The molecule has 2 aromatic heterocycles. The molecule has 5 heteroatoms. The lowest BCUT2D eigenvalue weighted by molar-refractivity contribution is 0.605. The van der Waals surface area contributed by atoms with Crippen LogP contribution in [0.2, 0.25) is 5.02 Å². The Hall–Kier alpha value is -0.870. The fraction of sp³-hybridized carbons (Fsp3) is 0.333. The molecule has 1 N–H and O–H groups in total. The lowest BCUT2D eigenvalue weighted by Gasteiger charge is -2.06. The number of nitrogens with zero attached hydrogens (tertiary/aromatic N) is 2. The highest BCUT2D eigenvalue weighted by molar-refractivity contribution is 7.71. The van der Waals surface area contributed by atoms with Crippen LogP contribution in [0.25, 0.3) is 11.2 Å². The second kappa shape index (κ2) is 3.37. The van der Waals surface area contributed by atoms with Gasteiger partial charge in [0, 0.05) is 12.2 Å². The minimum atomic E-state index is 0.296. The monoisotopic (exact) mass is 227 g/mol. The van der Waals surface area contributed by atoms with Crippen LogP contribution in [0.1, 0.15) is 19.9 Å². The fourth-order valence-corrected chi connectivity index (χ4v) is 2.03. The highest BCUT2D eigenvalue weighted by Crippen LogP contribution is 2.19. The Bertz CT molecular complexity index is 526. The van der Waals surface area contributed by atoms with Crippen LogP contribution in [0.15, 0.2) is 12.3 Å². The molecule has 2 aromatic rings. The summed E-state index contributed by atoms with van der Waals surface area (Å²) in [6.45, 7) is 4.14. The van der Waals surface area contributed by atoms with Gasteiger partial charge < -0.3 is 4.98 Å². The van der Waals surface area contributed by atoms with Crippen molar-refractivity contribution in [2.45, 2.75) is 19.9 Å². The molecule has 0 saturated heterocycles. The first-order valence-electron chi connectivity index (χ1n) is 4.35. The highest BCUT2D eigenvalue weighted by Gasteiger charge is 2.08. The van der Waals surface area contributed by atoms with Gasteiger partial charge in [0.2, 0.25) is 0 Å². The molecule has 0 bridgehead atoms. The van der Waals surface area contributed by atoms with Crippen LogP contribution in [-0.2, 0) is 0 Å². The number of hydrogen-bond donors (Lipinski definition) is 1. The predicted molar refractivity (Wildman–Crippen MR) is 60.3 cm³/mol. The Balaban J connectivity index is 2.84. The maximum absolute atomic E-state index is 5.83. The van der Waals surface area contributed by atoms with Gasteiger partial charge in [-0.1, -0.05) is 11.6 Å². The van der Waals surface area contributed by atoms with Crippen molar-refractivity contribution in [3.05, 3.63) is 22.1 Å². The van der Waals surface area contributed by atoms with E-state index in [9.17, 15) is 0 Å². The maximum Gasteiger partial charge on any atom is 0.179 e. The third-order valence-electron chi connectivity index (χ3n) is 2.04. The molecule has 74 valence electrons. The summed E-state index contributed by atoms with van der Waals surface area (Å²) in [4.78, 5) is 7.34. The molecule has 14 heavy (non-hydrogen) atoms. The van der Waals surface area contributed by atoms with Crippen LogP contribution in [-0.4, -0.2) is 14.5 Å². The summed E-state index contributed by atoms with van der Waals surface area (Å²) in [6.07, 6.45) is 1.63. The minimum absolute atomic E-state index is 0.296. The normalized spacial score (nSPS) is 11.4. The van der Waals surface area contributed by atoms with Gasteiger partial charge in [-0.05, 0) is 32.1 Å². The third-order valence-corrected chi connectivity index (χ3v) is 2.54. The number of aromatic nitrogens is 3. The molecule has 0 amide bonds. The number of imidazole rings is 1. The number of rotatable bonds is 1. The first kappa shape index (κ1) is 9.68. The number of halogens is 1. The zero-order valence-electron chi connectivity index (χ0n) is 7.91. The summed E-state index contributed by atoms with van der Waals surface area (Å²) in [6, 6.07) is 2.13. The fourth-order valence-electron chi connectivity index (χ4n) is 1.47. The average Bonchev–Trinajstić information content (AvgIpc) is 2.39. The van der Waals surface area contributed by atoms with Gasteiger partial charge >= 0.3 is 0 Å². The summed E-state index contributed by atoms with van der Waals surface area (Å²) in [7, 11) is 0. The van der Waals surface area contributed by atoms with E-state index in [1.54, 1.807) is 6.20 Å². The predicted octanol–water partition coefficient (Wildman–Crippen LogP) is 3.33. The van der Waals surface area contributed by atoms with E-state index in [1.165, 1.54) is 0 Å². The molecule has 0 saturated carbocycles. The van der Waals surface area contributed by atoms with E-state index >= 15 is 0 Å². The van der Waals surface area contributed by atoms with Gasteiger partial charge in [0.25, 0.3) is 0 Å². The third kappa shape index (κ3) is 1.44. The molecule has 0 aliphatic heterocycles. The average molecular weight is 228 g/mol. The number of aromatic amines is 1. The van der Waals surface area contributed by atoms with Gasteiger partial charge in [-0.2, -0.15) is 0 Å². The van der Waals surface area contributed by atoms with Crippen molar-refractivity contribution in [2.75, 3.05) is 0 Å². The smallest absolute Gasteiger partial charge is 0.179 e. The standard InChI is InChI=1S/C9H10ClN3S/c1-5(2)13-8-7(12-9(13)14)3-6(10)4-11-8/h3-5H,1-2H3,(H,12,14). The summed E-state index contributed by atoms with van der Waals surface area (Å²) in [5.41, 5.74) is 1.74. The molecule has 0 aliphatic carbocycles. The van der Waals surface area contributed by atoms with Crippen molar-refractivity contribution in [2.24, 2.45) is 0 Å². The zero-order chi connectivity index (χ0) is 10.3. The quantitative estimate of drug-likeness (QED) is 0.759. The Labute approximate surface area is 91.7 Å². The molecule has 0 fully saturated rings. The van der Waals surface area contributed by atoms with Gasteiger partial charge in [-0.15, -0.1) is 0 Å². The number of H-pyrrole nitrogens is 1. The molecule has 3 nitrogen and oxygen atoms in total. The SMILES string of the molecule is CC(C)n1c(=S)[nH]c2cc(Cl)cnc21. The second-order valence-electron chi connectivity index (χ2n) is 3.42. The molecule has 0 atom stereocenters. The number of nitrogens with one attached hydrogen (secondary N) is 1. The molecule has 2 heterocycles. The van der Waals surface area contributed by atoms with E-state index in [1.807, 2.05) is 10.6 Å². The Kier molecular flexibility index (Phi) is 2.33. The highest BCUT2D eigenvalue weighted by atomic mass is 35.5. The van der Waals surface area contributed by atoms with Gasteiger partial charge in [-0.3, -0.25) is 4.57 Å². The van der Waals surface area contributed by atoms with Crippen molar-refractivity contribution in [3.63, 3.8) is 0 Å². The summed E-state index contributed by atoms with van der Waals surface area (Å²) in [5.74, 6) is 0. The van der Waals surface area contributed by atoms with Crippen molar-refractivity contribution >= 4 is 35.0 Å². The van der Waals surface area contributed by atoms with Crippen LogP contribution in [0.5, 0.6) is 0 Å². The molecule has 0 aromatic carbocycles. The molecule has 0 spiro atoms. The first-order valence-corrected chi connectivity index (χ1v) is 5.14. The lowest BCUT2D eigenvalue weighted by Crippen LogP contribution is -2.01. The van der Waals surface area contributed by atoms with Crippen molar-refractivity contribution in [1.29, 1.82) is 0 Å². The number of hydrogen-bond acceptors (Lipinski definition) is 2. The van der Waals surface area contributed by atoms with E-state index in [0.717, 1.165) is 11.2 Å². The second-order valence-corrected chi connectivity index (χ2v) is 4.24. The largest absolute Gasteiger partial charge is 0.329 e. The van der Waals surface area contributed by atoms with Crippen LogP contribution < -0.4 is 0 Å². The van der Waals surface area contributed by atoms with Gasteiger partial charge in [0.15, 0.2) is 10.4 Å². The van der Waals surface area contributed by atoms with E-state index in [4.69, 9.17) is 23.8 Å². The zero-order valence-corrected chi connectivity index (χ0v) is 9.49. The number of fused-ring (bicyclic) bond motifs is 1. The molecule has 0 radical (unpaired) electrons. The van der Waals surface area contributed by atoms with Crippen molar-refractivity contribution in [3.8, 4) is 0 Å². The Morgan fingerprint density at radius 1 is 1.57 bits per heavy atom. The van der Waals surface area contributed by atoms with Crippen LogP contribution >= 0.6 is 23.8 Å². The topological polar surface area (TPSA) is 33.6 Å². The Morgan fingerprint density at radius 3 is 2.93 bits per heavy atom. The molecular formula is C9H10ClN3S. The van der Waals surface area contributed by atoms with E-state index in [0.29, 0.717) is 15.8 Å². The van der Waals surface area contributed by atoms with Gasteiger partial charge in [0.1, 0.15) is 0 Å². The maximum atomic E-state index is 5.83.